The van der Waals surface area contributed by atoms with Crippen LogP contribution in [-0.4, -0.2) is 5.29 Å². The maximum absolute atomic E-state index is 5.33. The number of hydrogen-bond acceptors (Lipinski definition) is 1. The van der Waals surface area contributed by atoms with Gasteiger partial charge in [0.15, 0.2) is 5.29 Å². The fraction of sp³-hybridized carbons (Fsp3) is 0. The minimum absolute atomic E-state index is 0.0239. The molecule has 0 radical (unpaired) electrons. The second-order valence-electron chi connectivity index (χ2n) is 1.21. The van der Waals surface area contributed by atoms with Gasteiger partial charge >= 0.3 is 0 Å². The Kier molecular flexibility index (Phi) is 4.18. The number of allylic oxidation sites excluding steroid dienone is 2. The second-order valence-corrected chi connectivity index (χ2v) is 2.09. The Hall–Kier alpha value is -0.470. The van der Waals surface area contributed by atoms with Gasteiger partial charge in [-0.2, -0.15) is 0 Å². The molecule has 4 heteroatoms. The van der Waals surface area contributed by atoms with Crippen molar-refractivity contribution in [1.82, 2.24) is 0 Å². The standard InChI is InChI=1S/C5H6Cl2N2/c1-4(6)2-3-9-5(7)8/h2-3H,1H2,(H2,8,9)/b3-2-. The molecule has 0 bridgehead atoms. The maximum Gasteiger partial charge on any atom is 0.193 e. The van der Waals surface area contributed by atoms with Gasteiger partial charge < -0.3 is 5.73 Å². The minimum Gasteiger partial charge on any atom is -0.374 e. The molecule has 0 saturated carbocycles. The van der Waals surface area contributed by atoms with E-state index in [2.05, 4.69) is 11.6 Å². The first-order chi connectivity index (χ1) is 4.13. The van der Waals surface area contributed by atoms with Crippen LogP contribution in [0.25, 0.3) is 0 Å². The summed E-state index contributed by atoms with van der Waals surface area (Å²) >= 11 is 10.5. The van der Waals surface area contributed by atoms with Crippen LogP contribution in [0.1, 0.15) is 0 Å². The Morgan fingerprint density at radius 2 is 2.11 bits per heavy atom. The highest BCUT2D eigenvalue weighted by atomic mass is 35.5. The van der Waals surface area contributed by atoms with Crippen LogP contribution in [-0.2, 0) is 0 Å². The normalized spacial score (nSPS) is 12.4. The Morgan fingerprint density at radius 1 is 1.56 bits per heavy atom. The predicted octanol–water partition coefficient (Wildman–Crippen LogP) is 1.81. The maximum atomic E-state index is 5.33. The molecule has 0 aromatic rings. The fourth-order valence-electron chi connectivity index (χ4n) is 0.189. The summed E-state index contributed by atoms with van der Waals surface area (Å²) in [5, 5.41) is 0.362. The molecule has 0 rings (SSSR count). The molecule has 0 unspecified atom stereocenters. The van der Waals surface area contributed by atoms with Crippen molar-refractivity contribution in [2.75, 3.05) is 0 Å². The number of halogens is 2. The van der Waals surface area contributed by atoms with E-state index in [0.29, 0.717) is 5.03 Å². The molecule has 0 aliphatic heterocycles. The summed E-state index contributed by atoms with van der Waals surface area (Å²) in [7, 11) is 0. The van der Waals surface area contributed by atoms with Gasteiger partial charge in [0.2, 0.25) is 0 Å². The molecule has 50 valence electrons. The monoisotopic (exact) mass is 164 g/mol. The van der Waals surface area contributed by atoms with Crippen LogP contribution in [0.3, 0.4) is 0 Å². The van der Waals surface area contributed by atoms with Gasteiger partial charge in [-0.05, 0) is 17.7 Å². The van der Waals surface area contributed by atoms with Gasteiger partial charge in [-0.15, -0.1) is 0 Å². The third kappa shape index (κ3) is 7.53. The van der Waals surface area contributed by atoms with Crippen LogP contribution in [0.15, 0.2) is 28.9 Å². The highest BCUT2D eigenvalue weighted by Crippen LogP contribution is 1.97. The minimum atomic E-state index is -0.0239. The number of amidine groups is 1. The molecule has 0 amide bonds. The molecular formula is C5H6Cl2N2. The fourth-order valence-corrected chi connectivity index (χ4v) is 0.302. The number of rotatable bonds is 2. The van der Waals surface area contributed by atoms with Crippen molar-refractivity contribution in [2.24, 2.45) is 10.7 Å². The molecule has 0 aromatic carbocycles. The Morgan fingerprint density at radius 3 is 2.44 bits per heavy atom. The smallest absolute Gasteiger partial charge is 0.193 e. The van der Waals surface area contributed by atoms with E-state index in [9.17, 15) is 0 Å². The van der Waals surface area contributed by atoms with Crippen molar-refractivity contribution in [3.63, 3.8) is 0 Å². The summed E-state index contributed by atoms with van der Waals surface area (Å²) < 4.78 is 0. The molecule has 0 aliphatic rings. The Labute approximate surface area is 63.7 Å². The van der Waals surface area contributed by atoms with Gasteiger partial charge in [0, 0.05) is 11.2 Å². The van der Waals surface area contributed by atoms with Crippen molar-refractivity contribution >= 4 is 28.5 Å². The third-order valence-electron chi connectivity index (χ3n) is 0.453. The van der Waals surface area contributed by atoms with E-state index in [1.165, 1.54) is 12.3 Å². The lowest BCUT2D eigenvalue weighted by atomic mass is 10.6. The lowest BCUT2D eigenvalue weighted by molar-refractivity contribution is 1.54. The van der Waals surface area contributed by atoms with Crippen LogP contribution in [0.4, 0.5) is 0 Å². The van der Waals surface area contributed by atoms with Crippen LogP contribution in [0.5, 0.6) is 0 Å². The molecule has 2 N–H and O–H groups in total. The highest BCUT2D eigenvalue weighted by molar-refractivity contribution is 6.64. The van der Waals surface area contributed by atoms with Crippen LogP contribution < -0.4 is 5.73 Å². The van der Waals surface area contributed by atoms with Crippen molar-refractivity contribution in [3.8, 4) is 0 Å². The van der Waals surface area contributed by atoms with Gasteiger partial charge in [0.05, 0.1) is 0 Å². The van der Waals surface area contributed by atoms with Gasteiger partial charge in [-0.3, -0.25) is 0 Å². The van der Waals surface area contributed by atoms with Gasteiger partial charge in [-0.1, -0.05) is 18.2 Å². The summed E-state index contributed by atoms with van der Waals surface area (Å²) in [6.45, 7) is 3.38. The molecule has 0 aliphatic carbocycles. The van der Waals surface area contributed by atoms with Gasteiger partial charge in [0.1, 0.15) is 0 Å². The van der Waals surface area contributed by atoms with Crippen molar-refractivity contribution in [2.45, 2.75) is 0 Å². The van der Waals surface area contributed by atoms with Gasteiger partial charge in [0.25, 0.3) is 0 Å². The van der Waals surface area contributed by atoms with E-state index in [4.69, 9.17) is 28.9 Å². The molecule has 2 nitrogen and oxygen atoms in total. The zero-order chi connectivity index (χ0) is 7.28. The molecule has 0 heterocycles. The topological polar surface area (TPSA) is 38.4 Å². The number of aliphatic imine (C=N–C) groups is 1. The first-order valence-electron chi connectivity index (χ1n) is 2.12. The predicted molar refractivity (Wildman–Crippen MR) is 41.6 cm³/mol. The van der Waals surface area contributed by atoms with Crippen molar-refractivity contribution in [3.05, 3.63) is 23.9 Å². The molecule has 0 spiro atoms. The number of nitrogens with zero attached hydrogens (tertiary/aromatic N) is 1. The van der Waals surface area contributed by atoms with E-state index < -0.39 is 0 Å². The Bertz CT molecular complexity index is 156. The van der Waals surface area contributed by atoms with E-state index in [1.807, 2.05) is 0 Å². The quantitative estimate of drug-likeness (QED) is 0.288. The lowest BCUT2D eigenvalue weighted by Gasteiger charge is -1.80. The average Bonchev–Trinajstić information content (AvgIpc) is 1.63. The number of hydrogen-bond donors (Lipinski definition) is 1. The van der Waals surface area contributed by atoms with Gasteiger partial charge in [-0.25, -0.2) is 4.99 Å². The van der Waals surface area contributed by atoms with E-state index in [1.54, 1.807) is 0 Å². The van der Waals surface area contributed by atoms with Crippen LogP contribution >= 0.6 is 23.2 Å². The summed E-state index contributed by atoms with van der Waals surface area (Å²) in [4.78, 5) is 3.50. The molecule has 0 atom stereocenters. The van der Waals surface area contributed by atoms with Crippen molar-refractivity contribution < 1.29 is 0 Å². The summed E-state index contributed by atoms with van der Waals surface area (Å²) in [6.07, 6.45) is 2.86. The first-order valence-corrected chi connectivity index (χ1v) is 2.88. The highest BCUT2D eigenvalue weighted by Gasteiger charge is 1.76. The van der Waals surface area contributed by atoms with Crippen LogP contribution in [0.2, 0.25) is 0 Å². The molecule has 0 fully saturated rings. The van der Waals surface area contributed by atoms with Crippen LogP contribution in [0, 0.1) is 0 Å². The SMILES string of the molecule is C=C(Cl)/C=C\N=C(/N)Cl. The second kappa shape index (κ2) is 4.41. The molecule has 9 heavy (non-hydrogen) atoms. The summed E-state index contributed by atoms with van der Waals surface area (Å²) in [6, 6.07) is 0. The Balaban J connectivity index is 3.74. The number of nitrogens with two attached hydrogens (primary N) is 1. The average molecular weight is 165 g/mol. The zero-order valence-electron chi connectivity index (χ0n) is 4.64. The van der Waals surface area contributed by atoms with E-state index in [0.717, 1.165) is 0 Å². The zero-order valence-corrected chi connectivity index (χ0v) is 6.15. The molecule has 0 aromatic heterocycles. The van der Waals surface area contributed by atoms with Crippen molar-refractivity contribution in [1.29, 1.82) is 0 Å². The van der Waals surface area contributed by atoms with E-state index >= 15 is 0 Å². The molecule has 0 saturated heterocycles. The largest absolute Gasteiger partial charge is 0.374 e. The third-order valence-corrected chi connectivity index (χ3v) is 0.677. The first kappa shape index (κ1) is 8.53. The van der Waals surface area contributed by atoms with E-state index in [-0.39, 0.29) is 5.29 Å². The summed E-state index contributed by atoms with van der Waals surface area (Å²) in [5.41, 5.74) is 4.97. The lowest BCUT2D eigenvalue weighted by Crippen LogP contribution is -1.99. The summed E-state index contributed by atoms with van der Waals surface area (Å²) in [5.74, 6) is 0. The molecular weight excluding hydrogens is 159 g/mol.